The first kappa shape index (κ1) is 11.2. The van der Waals surface area contributed by atoms with Crippen molar-refractivity contribution < 1.29 is 0 Å². The second-order valence-electron chi connectivity index (χ2n) is 3.73. The molecule has 3 nitrogen and oxygen atoms in total. The maximum absolute atomic E-state index is 6.18. The van der Waals surface area contributed by atoms with Gasteiger partial charge in [0.05, 0.1) is 10.6 Å². The molecule has 0 aliphatic rings. The third-order valence-electron chi connectivity index (χ3n) is 2.56. The van der Waals surface area contributed by atoms with Crippen LogP contribution in [0.5, 0.6) is 0 Å². The number of nitrogens with two attached hydrogens (primary N) is 1. The van der Waals surface area contributed by atoms with Gasteiger partial charge >= 0.3 is 0 Å². The molecule has 2 rings (SSSR count). The molecule has 4 heteroatoms. The average molecular weight is 233 g/mol. The van der Waals surface area contributed by atoms with Crippen molar-refractivity contribution in [3.63, 3.8) is 0 Å². The van der Waals surface area contributed by atoms with Crippen LogP contribution in [-0.4, -0.2) is 9.59 Å². The van der Waals surface area contributed by atoms with Gasteiger partial charge in [0.2, 0.25) is 0 Å². The molecular weight excluding hydrogens is 218 g/mol. The van der Waals surface area contributed by atoms with E-state index in [1.165, 1.54) is 17.1 Å². The Morgan fingerprint density at radius 1 is 1.31 bits per heavy atom. The molecule has 0 aliphatic heterocycles. The lowest BCUT2D eigenvalue weighted by Gasteiger charge is -2.10. The molecule has 0 fully saturated rings. The largest absolute Gasteiger partial charge is 0.323 e. The van der Waals surface area contributed by atoms with Crippen molar-refractivity contribution in [1.82, 2.24) is 9.59 Å². The molecule has 0 saturated heterocycles. The van der Waals surface area contributed by atoms with E-state index in [9.17, 15) is 0 Å². The van der Waals surface area contributed by atoms with Crippen LogP contribution in [0.3, 0.4) is 0 Å². The van der Waals surface area contributed by atoms with E-state index in [0.29, 0.717) is 0 Å². The summed E-state index contributed by atoms with van der Waals surface area (Å²) >= 11 is 1.42. The zero-order valence-corrected chi connectivity index (χ0v) is 10.1. The molecule has 1 aromatic heterocycles. The summed E-state index contributed by atoms with van der Waals surface area (Å²) in [6.45, 7) is 2.08. The molecule has 84 valence electrons. The highest BCUT2D eigenvalue weighted by Crippen LogP contribution is 2.22. The van der Waals surface area contributed by atoms with Gasteiger partial charge in [-0.1, -0.05) is 41.7 Å². The molecular formula is C12H15N3S. The van der Waals surface area contributed by atoms with Crippen molar-refractivity contribution in [3.05, 3.63) is 46.5 Å². The normalized spacial score (nSPS) is 12.6. The third-order valence-corrected chi connectivity index (χ3v) is 3.45. The Kier molecular flexibility index (Phi) is 3.64. The van der Waals surface area contributed by atoms with Crippen LogP contribution >= 0.6 is 11.5 Å². The third kappa shape index (κ3) is 2.46. The van der Waals surface area contributed by atoms with Crippen molar-refractivity contribution in [2.45, 2.75) is 25.8 Å². The van der Waals surface area contributed by atoms with E-state index in [1.54, 1.807) is 0 Å². The van der Waals surface area contributed by atoms with Crippen LogP contribution in [0.25, 0.3) is 0 Å². The molecule has 1 aromatic carbocycles. The Morgan fingerprint density at radius 2 is 2.06 bits per heavy atom. The first-order valence-electron chi connectivity index (χ1n) is 5.42. The van der Waals surface area contributed by atoms with E-state index < -0.39 is 0 Å². The second kappa shape index (κ2) is 5.18. The minimum absolute atomic E-state index is 0.0114. The number of hydrogen-bond acceptors (Lipinski definition) is 4. The van der Waals surface area contributed by atoms with Gasteiger partial charge in [-0.05, 0) is 29.9 Å². The van der Waals surface area contributed by atoms with E-state index in [0.717, 1.165) is 23.4 Å². The van der Waals surface area contributed by atoms with Crippen molar-refractivity contribution in [3.8, 4) is 0 Å². The fourth-order valence-electron chi connectivity index (χ4n) is 1.70. The predicted octanol–water partition coefficient (Wildman–Crippen LogP) is 2.34. The van der Waals surface area contributed by atoms with E-state index in [-0.39, 0.29) is 6.04 Å². The SMILES string of the molecule is CCc1nnsc1C(N)Cc1ccccc1. The molecule has 2 N–H and O–H groups in total. The van der Waals surface area contributed by atoms with Crippen LogP contribution in [0.15, 0.2) is 30.3 Å². The first-order chi connectivity index (χ1) is 7.81. The van der Waals surface area contributed by atoms with Gasteiger partial charge in [0.25, 0.3) is 0 Å². The molecule has 0 radical (unpaired) electrons. The van der Waals surface area contributed by atoms with Crippen LogP contribution in [-0.2, 0) is 12.8 Å². The number of aryl methyl sites for hydroxylation is 1. The maximum atomic E-state index is 6.18. The summed E-state index contributed by atoms with van der Waals surface area (Å²) in [5, 5.41) is 4.09. The molecule has 1 atom stereocenters. The Hall–Kier alpha value is -1.26. The predicted molar refractivity (Wildman–Crippen MR) is 66.4 cm³/mol. The molecule has 2 aromatic rings. The molecule has 0 saturated carbocycles. The quantitative estimate of drug-likeness (QED) is 0.882. The summed E-state index contributed by atoms with van der Waals surface area (Å²) < 4.78 is 3.97. The van der Waals surface area contributed by atoms with Crippen LogP contribution < -0.4 is 5.73 Å². The summed E-state index contributed by atoms with van der Waals surface area (Å²) in [6.07, 6.45) is 1.74. The Labute approximate surface area is 99.5 Å². The molecule has 0 bridgehead atoms. The number of benzene rings is 1. The molecule has 0 amide bonds. The Morgan fingerprint density at radius 3 is 2.75 bits per heavy atom. The first-order valence-corrected chi connectivity index (χ1v) is 6.19. The van der Waals surface area contributed by atoms with Crippen LogP contribution in [0.4, 0.5) is 0 Å². The van der Waals surface area contributed by atoms with Crippen LogP contribution in [0, 0.1) is 0 Å². The lowest BCUT2D eigenvalue weighted by Crippen LogP contribution is -2.13. The lowest BCUT2D eigenvalue weighted by atomic mass is 10.0. The Balaban J connectivity index is 2.11. The highest BCUT2D eigenvalue weighted by Gasteiger charge is 2.14. The monoisotopic (exact) mass is 233 g/mol. The van der Waals surface area contributed by atoms with Crippen molar-refractivity contribution >= 4 is 11.5 Å². The van der Waals surface area contributed by atoms with Crippen LogP contribution in [0.2, 0.25) is 0 Å². The summed E-state index contributed by atoms with van der Waals surface area (Å²) in [6, 6.07) is 10.3. The number of nitrogens with zero attached hydrogens (tertiary/aromatic N) is 2. The fraction of sp³-hybridized carbons (Fsp3) is 0.333. The average Bonchev–Trinajstić information content (AvgIpc) is 2.78. The molecule has 16 heavy (non-hydrogen) atoms. The Bertz CT molecular complexity index is 439. The van der Waals surface area contributed by atoms with Gasteiger partial charge in [0.15, 0.2) is 0 Å². The minimum atomic E-state index is 0.0114. The smallest absolute Gasteiger partial charge is 0.0801 e. The topological polar surface area (TPSA) is 51.8 Å². The van der Waals surface area contributed by atoms with Gasteiger partial charge in [-0.15, -0.1) is 5.10 Å². The maximum Gasteiger partial charge on any atom is 0.0801 e. The summed E-state index contributed by atoms with van der Waals surface area (Å²) in [4.78, 5) is 1.12. The standard InChI is InChI=1S/C12H15N3S/c1-2-11-12(16-15-14-11)10(13)8-9-6-4-3-5-7-9/h3-7,10H,2,8,13H2,1H3. The summed E-state index contributed by atoms with van der Waals surface area (Å²) in [5.41, 5.74) is 8.47. The molecule has 0 spiro atoms. The number of rotatable bonds is 4. The summed E-state index contributed by atoms with van der Waals surface area (Å²) in [5.74, 6) is 0. The van der Waals surface area contributed by atoms with Gasteiger partial charge in [0.1, 0.15) is 0 Å². The van der Waals surface area contributed by atoms with Gasteiger partial charge in [-0.3, -0.25) is 0 Å². The fourth-order valence-corrected chi connectivity index (χ4v) is 2.44. The van der Waals surface area contributed by atoms with Gasteiger partial charge < -0.3 is 5.73 Å². The number of hydrogen-bond donors (Lipinski definition) is 1. The number of aromatic nitrogens is 2. The zero-order chi connectivity index (χ0) is 11.4. The van der Waals surface area contributed by atoms with Gasteiger partial charge in [-0.2, -0.15) is 0 Å². The van der Waals surface area contributed by atoms with E-state index in [4.69, 9.17) is 5.73 Å². The van der Waals surface area contributed by atoms with Gasteiger partial charge in [0, 0.05) is 6.04 Å². The zero-order valence-electron chi connectivity index (χ0n) is 9.26. The van der Waals surface area contributed by atoms with Crippen molar-refractivity contribution in [2.24, 2.45) is 5.73 Å². The highest BCUT2D eigenvalue weighted by atomic mass is 32.1. The highest BCUT2D eigenvalue weighted by molar-refractivity contribution is 7.05. The van der Waals surface area contributed by atoms with E-state index in [2.05, 4.69) is 28.6 Å². The molecule has 1 unspecified atom stereocenters. The minimum Gasteiger partial charge on any atom is -0.323 e. The lowest BCUT2D eigenvalue weighted by molar-refractivity contribution is 0.722. The summed E-state index contributed by atoms with van der Waals surface area (Å²) in [7, 11) is 0. The molecule has 0 aliphatic carbocycles. The second-order valence-corrected chi connectivity index (χ2v) is 4.52. The van der Waals surface area contributed by atoms with E-state index >= 15 is 0 Å². The van der Waals surface area contributed by atoms with Gasteiger partial charge in [-0.25, -0.2) is 0 Å². The molecule has 1 heterocycles. The van der Waals surface area contributed by atoms with Crippen molar-refractivity contribution in [1.29, 1.82) is 0 Å². The van der Waals surface area contributed by atoms with E-state index in [1.807, 2.05) is 18.2 Å². The van der Waals surface area contributed by atoms with Crippen molar-refractivity contribution in [2.75, 3.05) is 0 Å². The van der Waals surface area contributed by atoms with Crippen LogP contribution in [0.1, 0.15) is 29.1 Å².